The van der Waals surface area contributed by atoms with Gasteiger partial charge < -0.3 is 4.42 Å². The fourth-order valence-corrected chi connectivity index (χ4v) is 7.32. The zero-order valence-electron chi connectivity index (χ0n) is 22.4. The molecule has 0 bridgehead atoms. The molecule has 0 atom stereocenters. The molecule has 0 spiro atoms. The number of fused-ring (bicyclic) bond motifs is 8. The largest absolute Gasteiger partial charge is 0.452 e. The molecule has 0 aliphatic carbocycles. The highest BCUT2D eigenvalue weighted by Gasteiger charge is 2.21. The molecular weight excluding hydrogens is 532 g/mol. The lowest BCUT2D eigenvalue weighted by Crippen LogP contribution is -1.95. The molecule has 3 heterocycles. The number of rotatable bonds is 3. The first kappa shape index (κ1) is 23.4. The molecule has 0 radical (unpaired) electrons. The van der Waals surface area contributed by atoms with Crippen LogP contribution >= 0.6 is 11.3 Å². The summed E-state index contributed by atoms with van der Waals surface area (Å²) < 4.78 is 8.95. The smallest absolute Gasteiger partial charge is 0.180 e. The minimum atomic E-state index is 0.695. The molecule has 3 nitrogen and oxygen atoms in total. The molecule has 3 aromatic heterocycles. The van der Waals surface area contributed by atoms with Crippen molar-refractivity contribution in [2.45, 2.75) is 0 Å². The molecule has 4 heteroatoms. The lowest BCUT2D eigenvalue weighted by atomic mass is 9.95. The summed E-state index contributed by atoms with van der Waals surface area (Å²) in [5.41, 5.74) is 7.53. The standard InChI is InChI=1S/C38H22N2OS/c1-3-11-23(12-4-1)25-19-20-27-29(21-25)31(22-30-26-15-8-10-18-33(26)42-37(27)30)38-39-34(24-13-5-2-6-14-24)36-35(40-38)28-16-7-9-17-32(28)41-36/h1-22H. The molecule has 0 saturated carbocycles. The highest BCUT2D eigenvalue weighted by atomic mass is 32.1. The average molecular weight is 555 g/mol. The van der Waals surface area contributed by atoms with E-state index < -0.39 is 0 Å². The SMILES string of the molecule is c1ccc(-c2ccc3c(c2)c(-c2nc(-c4ccccc4)c4oc5ccccc5c4n2)cc2c4ccccc4sc32)cc1. The average Bonchev–Trinajstić information content (AvgIpc) is 3.63. The summed E-state index contributed by atoms with van der Waals surface area (Å²) in [4.78, 5) is 10.5. The van der Waals surface area contributed by atoms with Crippen LogP contribution in [0, 0.1) is 0 Å². The van der Waals surface area contributed by atoms with E-state index in [4.69, 9.17) is 14.4 Å². The zero-order valence-corrected chi connectivity index (χ0v) is 23.2. The highest BCUT2D eigenvalue weighted by molar-refractivity contribution is 7.26. The Bertz CT molecular complexity index is 2460. The van der Waals surface area contributed by atoms with Gasteiger partial charge in [-0.05, 0) is 46.8 Å². The van der Waals surface area contributed by atoms with E-state index >= 15 is 0 Å². The Balaban J connectivity index is 1.43. The number of thiophene rings is 1. The van der Waals surface area contributed by atoms with Gasteiger partial charge in [0.2, 0.25) is 0 Å². The monoisotopic (exact) mass is 554 g/mol. The molecule has 9 aromatic rings. The molecule has 9 rings (SSSR count). The van der Waals surface area contributed by atoms with Gasteiger partial charge in [0.1, 0.15) is 16.8 Å². The molecule has 0 fully saturated rings. The van der Waals surface area contributed by atoms with Crippen LogP contribution in [-0.4, -0.2) is 9.97 Å². The number of para-hydroxylation sites is 1. The van der Waals surface area contributed by atoms with Crippen molar-refractivity contribution < 1.29 is 4.42 Å². The lowest BCUT2D eigenvalue weighted by molar-refractivity contribution is 0.667. The van der Waals surface area contributed by atoms with Crippen molar-refractivity contribution in [3.05, 3.63) is 133 Å². The third-order valence-electron chi connectivity index (χ3n) is 8.09. The van der Waals surface area contributed by atoms with Gasteiger partial charge in [0.05, 0.1) is 0 Å². The summed E-state index contributed by atoms with van der Waals surface area (Å²) in [6, 6.07) is 46.7. The van der Waals surface area contributed by atoms with Crippen LogP contribution in [0.4, 0.5) is 0 Å². The van der Waals surface area contributed by atoms with E-state index in [9.17, 15) is 0 Å². The molecule has 0 unspecified atom stereocenters. The maximum absolute atomic E-state index is 6.39. The molecule has 0 aliphatic rings. The molecule has 6 aromatic carbocycles. The Hall–Kier alpha value is -5.32. The molecule has 0 N–H and O–H groups in total. The van der Waals surface area contributed by atoms with E-state index in [0.717, 1.165) is 38.7 Å². The van der Waals surface area contributed by atoms with Crippen LogP contribution in [0.1, 0.15) is 0 Å². The fourth-order valence-electron chi connectivity index (χ4n) is 6.09. The Kier molecular flexibility index (Phi) is 5.07. The van der Waals surface area contributed by atoms with Crippen LogP contribution in [0.5, 0.6) is 0 Å². The first-order valence-corrected chi connectivity index (χ1v) is 14.8. The second-order valence-corrected chi connectivity index (χ2v) is 11.6. The number of aromatic nitrogens is 2. The normalized spacial score (nSPS) is 11.8. The van der Waals surface area contributed by atoms with E-state index in [2.05, 4.69) is 97.1 Å². The van der Waals surface area contributed by atoms with Crippen molar-refractivity contribution >= 4 is 64.4 Å². The van der Waals surface area contributed by atoms with E-state index in [-0.39, 0.29) is 0 Å². The minimum Gasteiger partial charge on any atom is -0.452 e. The number of benzene rings is 6. The Labute approximate surface area is 245 Å². The van der Waals surface area contributed by atoms with Crippen molar-refractivity contribution in [1.29, 1.82) is 0 Å². The third-order valence-corrected chi connectivity index (χ3v) is 9.31. The zero-order chi connectivity index (χ0) is 27.6. The van der Waals surface area contributed by atoms with E-state index in [1.54, 1.807) is 0 Å². The summed E-state index contributed by atoms with van der Waals surface area (Å²) in [5, 5.41) is 5.83. The van der Waals surface area contributed by atoms with E-state index in [0.29, 0.717) is 11.4 Å². The van der Waals surface area contributed by atoms with Crippen LogP contribution in [0.25, 0.3) is 86.8 Å². The fraction of sp³-hybridized carbons (Fsp3) is 0. The van der Waals surface area contributed by atoms with E-state index in [1.807, 2.05) is 47.7 Å². The van der Waals surface area contributed by atoms with E-state index in [1.165, 1.54) is 36.7 Å². The van der Waals surface area contributed by atoms with Gasteiger partial charge in [0.15, 0.2) is 11.4 Å². The van der Waals surface area contributed by atoms with Crippen LogP contribution in [-0.2, 0) is 0 Å². The molecule has 42 heavy (non-hydrogen) atoms. The lowest BCUT2D eigenvalue weighted by Gasteiger charge is -2.12. The molecule has 0 saturated heterocycles. The maximum Gasteiger partial charge on any atom is 0.180 e. The van der Waals surface area contributed by atoms with Crippen molar-refractivity contribution in [2.75, 3.05) is 0 Å². The topological polar surface area (TPSA) is 38.9 Å². The summed E-state index contributed by atoms with van der Waals surface area (Å²) >= 11 is 1.85. The Morgan fingerprint density at radius 2 is 1.21 bits per heavy atom. The Morgan fingerprint density at radius 1 is 0.500 bits per heavy atom. The summed E-state index contributed by atoms with van der Waals surface area (Å²) in [5.74, 6) is 0.695. The maximum atomic E-state index is 6.39. The third kappa shape index (κ3) is 3.52. The number of furan rings is 1. The molecule has 0 aliphatic heterocycles. The quantitative estimate of drug-likeness (QED) is 0.218. The molecule has 196 valence electrons. The Morgan fingerprint density at radius 3 is 2.05 bits per heavy atom. The molecule has 0 amide bonds. The molecular formula is C38H22N2OS. The minimum absolute atomic E-state index is 0.695. The van der Waals surface area contributed by atoms with Crippen molar-refractivity contribution in [1.82, 2.24) is 9.97 Å². The van der Waals surface area contributed by atoms with Gasteiger partial charge in [-0.15, -0.1) is 11.3 Å². The van der Waals surface area contributed by atoms with Crippen LogP contribution < -0.4 is 0 Å². The van der Waals surface area contributed by atoms with Gasteiger partial charge in [-0.25, -0.2) is 9.97 Å². The number of hydrogen-bond acceptors (Lipinski definition) is 4. The summed E-state index contributed by atoms with van der Waals surface area (Å²) in [6.45, 7) is 0. The predicted octanol–water partition coefficient (Wildman–Crippen LogP) is 10.9. The van der Waals surface area contributed by atoms with Gasteiger partial charge in [-0.3, -0.25) is 0 Å². The van der Waals surface area contributed by atoms with Crippen molar-refractivity contribution in [3.8, 4) is 33.8 Å². The summed E-state index contributed by atoms with van der Waals surface area (Å²) in [6.07, 6.45) is 0. The van der Waals surface area contributed by atoms with Crippen molar-refractivity contribution in [3.63, 3.8) is 0 Å². The van der Waals surface area contributed by atoms with Gasteiger partial charge in [-0.2, -0.15) is 0 Å². The van der Waals surface area contributed by atoms with Crippen LogP contribution in [0.15, 0.2) is 138 Å². The second kappa shape index (κ2) is 9.10. The summed E-state index contributed by atoms with van der Waals surface area (Å²) in [7, 11) is 0. The van der Waals surface area contributed by atoms with Gasteiger partial charge in [0, 0.05) is 42.1 Å². The first-order chi connectivity index (χ1) is 20.8. The first-order valence-electron chi connectivity index (χ1n) is 14.0. The van der Waals surface area contributed by atoms with Gasteiger partial charge >= 0.3 is 0 Å². The highest BCUT2D eigenvalue weighted by Crippen LogP contribution is 2.44. The van der Waals surface area contributed by atoms with Gasteiger partial charge in [0.25, 0.3) is 0 Å². The van der Waals surface area contributed by atoms with Crippen molar-refractivity contribution in [2.24, 2.45) is 0 Å². The second-order valence-electron chi connectivity index (χ2n) is 10.6. The predicted molar refractivity (Wildman–Crippen MR) is 176 cm³/mol. The van der Waals surface area contributed by atoms with Crippen LogP contribution in [0.3, 0.4) is 0 Å². The van der Waals surface area contributed by atoms with Gasteiger partial charge in [-0.1, -0.05) is 103 Å². The number of hydrogen-bond donors (Lipinski definition) is 0. The number of nitrogens with zero attached hydrogens (tertiary/aromatic N) is 2. The van der Waals surface area contributed by atoms with Crippen LogP contribution in [0.2, 0.25) is 0 Å².